The first-order valence-electron chi connectivity index (χ1n) is 5.91. The number of aliphatic hydroxyl groups is 1. The maximum Gasteiger partial charge on any atom is 0.141 e. The topological polar surface area (TPSA) is 20.2 Å². The lowest BCUT2D eigenvalue weighted by molar-refractivity contribution is 0.175. The van der Waals surface area contributed by atoms with Gasteiger partial charge >= 0.3 is 0 Å². The van der Waals surface area contributed by atoms with Gasteiger partial charge < -0.3 is 5.11 Å². The zero-order valence-corrected chi connectivity index (χ0v) is 12.5. The monoisotopic (exact) mass is 342 g/mol. The summed E-state index contributed by atoms with van der Waals surface area (Å²) in [6.07, 6.45) is 0.501. The maximum atomic E-state index is 13.0. The molecule has 0 spiro atoms. The van der Waals surface area contributed by atoms with Crippen molar-refractivity contribution in [3.05, 3.63) is 68.9 Å². The van der Waals surface area contributed by atoms with Crippen LogP contribution in [0.4, 0.5) is 4.39 Å². The van der Waals surface area contributed by atoms with Gasteiger partial charge in [-0.25, -0.2) is 4.39 Å². The predicted molar refractivity (Wildman–Crippen MR) is 79.0 cm³/mol. The summed E-state index contributed by atoms with van der Waals surface area (Å²) in [6.45, 7) is 0. The number of hydrogen-bond donors (Lipinski definition) is 1. The number of halogens is 3. The second-order valence-electron chi connectivity index (χ2n) is 4.44. The highest BCUT2D eigenvalue weighted by Crippen LogP contribution is 2.18. The van der Waals surface area contributed by atoms with E-state index < -0.39 is 11.9 Å². The van der Waals surface area contributed by atoms with Crippen molar-refractivity contribution < 1.29 is 9.50 Å². The predicted octanol–water partition coefficient (Wildman–Crippen LogP) is 4.39. The SMILES string of the molecule is OC(Cc1ccc(Br)cc1)Cc1ccc(F)c(Cl)c1. The molecule has 0 radical (unpaired) electrons. The van der Waals surface area contributed by atoms with E-state index in [-0.39, 0.29) is 5.02 Å². The fourth-order valence-electron chi connectivity index (χ4n) is 1.90. The third-order valence-corrected chi connectivity index (χ3v) is 3.66. The molecule has 2 aromatic rings. The van der Waals surface area contributed by atoms with Gasteiger partial charge in [0.05, 0.1) is 11.1 Å². The number of aliphatic hydroxyl groups excluding tert-OH is 1. The zero-order chi connectivity index (χ0) is 13.8. The molecule has 2 aromatic carbocycles. The Morgan fingerprint density at radius 3 is 2.26 bits per heavy atom. The van der Waals surface area contributed by atoms with Crippen LogP contribution in [0, 0.1) is 5.82 Å². The Bertz CT molecular complexity index is 557. The van der Waals surface area contributed by atoms with Crippen LogP contribution in [-0.4, -0.2) is 11.2 Å². The molecule has 19 heavy (non-hydrogen) atoms. The Labute approximate surface area is 125 Å². The molecule has 2 rings (SSSR count). The van der Waals surface area contributed by atoms with Gasteiger partial charge in [0, 0.05) is 4.47 Å². The molecule has 0 saturated heterocycles. The molecule has 0 heterocycles. The Kier molecular flexibility index (Phi) is 4.97. The largest absolute Gasteiger partial charge is 0.392 e. The molecule has 1 atom stereocenters. The van der Waals surface area contributed by atoms with Gasteiger partial charge in [0.1, 0.15) is 5.82 Å². The summed E-state index contributed by atoms with van der Waals surface area (Å²) in [5.74, 6) is -0.437. The molecule has 1 nitrogen and oxygen atoms in total. The minimum absolute atomic E-state index is 0.0911. The summed E-state index contributed by atoms with van der Waals surface area (Å²) in [5.41, 5.74) is 1.89. The Hall–Kier alpha value is -0.900. The van der Waals surface area contributed by atoms with Crippen LogP contribution < -0.4 is 0 Å². The average Bonchev–Trinajstić information content (AvgIpc) is 2.37. The molecule has 1 N–H and O–H groups in total. The summed E-state index contributed by atoms with van der Waals surface area (Å²) in [7, 11) is 0. The van der Waals surface area contributed by atoms with Crippen molar-refractivity contribution in [3.8, 4) is 0 Å². The van der Waals surface area contributed by atoms with Gasteiger partial charge in [-0.2, -0.15) is 0 Å². The Morgan fingerprint density at radius 1 is 1.05 bits per heavy atom. The first-order chi connectivity index (χ1) is 9.04. The van der Waals surface area contributed by atoms with Crippen LogP contribution in [0.3, 0.4) is 0 Å². The highest BCUT2D eigenvalue weighted by atomic mass is 79.9. The third kappa shape index (κ3) is 4.30. The van der Waals surface area contributed by atoms with Gasteiger partial charge in [-0.05, 0) is 48.2 Å². The minimum atomic E-state index is -0.511. The molecule has 4 heteroatoms. The van der Waals surface area contributed by atoms with Gasteiger partial charge in [-0.15, -0.1) is 0 Å². The molecule has 0 saturated carbocycles. The van der Waals surface area contributed by atoms with E-state index in [1.807, 2.05) is 24.3 Å². The third-order valence-electron chi connectivity index (χ3n) is 2.84. The molecule has 0 aliphatic rings. The van der Waals surface area contributed by atoms with Gasteiger partial charge in [-0.3, -0.25) is 0 Å². The van der Waals surface area contributed by atoms with Gasteiger partial charge in [-0.1, -0.05) is 45.7 Å². The fraction of sp³-hybridized carbons (Fsp3) is 0.200. The molecule has 0 aliphatic carbocycles. The highest BCUT2D eigenvalue weighted by molar-refractivity contribution is 9.10. The van der Waals surface area contributed by atoms with Crippen LogP contribution in [-0.2, 0) is 12.8 Å². The minimum Gasteiger partial charge on any atom is -0.392 e. The van der Waals surface area contributed by atoms with E-state index in [1.165, 1.54) is 6.07 Å². The van der Waals surface area contributed by atoms with Crippen molar-refractivity contribution in [3.63, 3.8) is 0 Å². The van der Waals surface area contributed by atoms with Gasteiger partial charge in [0.2, 0.25) is 0 Å². The van der Waals surface area contributed by atoms with Crippen LogP contribution in [0.15, 0.2) is 46.9 Å². The molecule has 0 aliphatic heterocycles. The van der Waals surface area contributed by atoms with Crippen LogP contribution in [0.1, 0.15) is 11.1 Å². The quantitative estimate of drug-likeness (QED) is 0.873. The lowest BCUT2D eigenvalue weighted by Crippen LogP contribution is -2.13. The Morgan fingerprint density at radius 2 is 1.63 bits per heavy atom. The van der Waals surface area contributed by atoms with E-state index in [2.05, 4.69) is 15.9 Å². The fourth-order valence-corrected chi connectivity index (χ4v) is 2.37. The van der Waals surface area contributed by atoms with Crippen molar-refractivity contribution in [2.75, 3.05) is 0 Å². The van der Waals surface area contributed by atoms with Crippen LogP contribution in [0.5, 0.6) is 0 Å². The number of benzene rings is 2. The Balaban J connectivity index is 1.98. The van der Waals surface area contributed by atoms with Crippen molar-refractivity contribution in [2.24, 2.45) is 0 Å². The summed E-state index contributed by atoms with van der Waals surface area (Å²) in [4.78, 5) is 0. The van der Waals surface area contributed by atoms with Crippen LogP contribution in [0.2, 0.25) is 5.02 Å². The number of hydrogen-bond acceptors (Lipinski definition) is 1. The first kappa shape index (κ1) is 14.5. The second-order valence-corrected chi connectivity index (χ2v) is 5.76. The number of rotatable bonds is 4. The van der Waals surface area contributed by atoms with Crippen molar-refractivity contribution in [1.82, 2.24) is 0 Å². The van der Waals surface area contributed by atoms with E-state index in [1.54, 1.807) is 12.1 Å². The van der Waals surface area contributed by atoms with Gasteiger partial charge in [0.25, 0.3) is 0 Å². The van der Waals surface area contributed by atoms with Crippen molar-refractivity contribution in [1.29, 1.82) is 0 Å². The van der Waals surface area contributed by atoms with E-state index in [0.717, 1.165) is 15.6 Å². The lowest BCUT2D eigenvalue weighted by atomic mass is 10.0. The standard InChI is InChI=1S/C15H13BrClFO/c16-12-4-1-10(2-5-12)7-13(19)8-11-3-6-15(18)14(17)9-11/h1-6,9,13,19H,7-8H2. The van der Waals surface area contributed by atoms with Crippen molar-refractivity contribution in [2.45, 2.75) is 18.9 Å². The molecule has 0 amide bonds. The molecule has 0 aromatic heterocycles. The van der Waals surface area contributed by atoms with Crippen LogP contribution >= 0.6 is 27.5 Å². The summed E-state index contributed by atoms with van der Waals surface area (Å²) in [5, 5.41) is 10.1. The average molecular weight is 344 g/mol. The van der Waals surface area contributed by atoms with Crippen LogP contribution in [0.25, 0.3) is 0 Å². The van der Waals surface area contributed by atoms with E-state index in [4.69, 9.17) is 11.6 Å². The maximum absolute atomic E-state index is 13.0. The highest BCUT2D eigenvalue weighted by Gasteiger charge is 2.09. The molecular formula is C15H13BrClFO. The van der Waals surface area contributed by atoms with E-state index in [0.29, 0.717) is 12.8 Å². The summed E-state index contributed by atoms with van der Waals surface area (Å²) in [6, 6.07) is 12.3. The normalized spacial score (nSPS) is 12.4. The van der Waals surface area contributed by atoms with E-state index >= 15 is 0 Å². The molecule has 0 bridgehead atoms. The molecule has 100 valence electrons. The van der Waals surface area contributed by atoms with Gasteiger partial charge in [0.15, 0.2) is 0 Å². The lowest BCUT2D eigenvalue weighted by Gasteiger charge is -2.11. The smallest absolute Gasteiger partial charge is 0.141 e. The first-order valence-corrected chi connectivity index (χ1v) is 7.08. The summed E-state index contributed by atoms with van der Waals surface area (Å²) >= 11 is 9.08. The zero-order valence-electron chi connectivity index (χ0n) is 10.1. The molecule has 0 fully saturated rings. The molecule has 1 unspecified atom stereocenters. The van der Waals surface area contributed by atoms with Crippen molar-refractivity contribution >= 4 is 27.5 Å². The molecular weight excluding hydrogens is 331 g/mol. The summed E-state index contributed by atoms with van der Waals surface area (Å²) < 4.78 is 14.0. The second kappa shape index (κ2) is 6.51. The van der Waals surface area contributed by atoms with E-state index in [9.17, 15) is 9.50 Å².